The van der Waals surface area contributed by atoms with Crippen LogP contribution in [0.25, 0.3) is 0 Å². The highest BCUT2D eigenvalue weighted by molar-refractivity contribution is 7.74. The maximum absolute atomic E-state index is 2.62. The molecule has 0 atom stereocenters. The summed E-state index contributed by atoms with van der Waals surface area (Å²) in [6, 6.07) is 42.7. The Hall–Kier alpha value is -3.04. The second-order valence-electron chi connectivity index (χ2n) is 28.4. The SMILES string of the molecule is CC(C)(C)c1cc(P(CC(CP(c2cc(C(C)(C)C)cc(C(C)(C)C)c2)c2cc(C(C)(C)C)cc(C(C)(C)C)c2)c2ccccc2)c2cc(C(C)(C)C)cc(C(C)(C)C)c2)cc(C(C)(C)C)c1. The average Bonchev–Trinajstić information content (AvgIpc) is 3.18. The van der Waals surface area contributed by atoms with Crippen LogP contribution in [0.2, 0.25) is 0 Å². The summed E-state index contributed by atoms with van der Waals surface area (Å²) in [7, 11) is -1.65. The number of hydrogen-bond acceptors (Lipinski definition) is 0. The predicted octanol–water partition coefficient (Wildman–Crippen LogP) is 17.4. The molecule has 0 spiro atoms. The summed E-state index contributed by atoms with van der Waals surface area (Å²) in [4.78, 5) is 0. The van der Waals surface area contributed by atoms with Crippen molar-refractivity contribution in [3.8, 4) is 0 Å². The molecule has 0 heterocycles. The van der Waals surface area contributed by atoms with E-state index in [9.17, 15) is 0 Å². The molecule has 0 radical (unpaired) electrons. The van der Waals surface area contributed by atoms with Crippen molar-refractivity contribution in [1.82, 2.24) is 0 Å². The van der Waals surface area contributed by atoms with Gasteiger partial charge in [-0.15, -0.1) is 0 Å². The van der Waals surface area contributed by atoms with Crippen molar-refractivity contribution < 1.29 is 0 Å². The molecule has 0 unspecified atom stereocenters. The van der Waals surface area contributed by atoms with Crippen LogP contribution in [0.4, 0.5) is 0 Å². The van der Waals surface area contributed by atoms with Gasteiger partial charge in [-0.3, -0.25) is 0 Å². The lowest BCUT2D eigenvalue weighted by Crippen LogP contribution is -2.28. The van der Waals surface area contributed by atoms with Gasteiger partial charge in [-0.05, 0) is 149 Å². The molecule has 2 heteroatoms. The van der Waals surface area contributed by atoms with Gasteiger partial charge in [0.15, 0.2) is 0 Å². The van der Waals surface area contributed by atoms with Gasteiger partial charge in [-0.1, -0.05) is 269 Å². The van der Waals surface area contributed by atoms with E-state index in [0.29, 0.717) is 5.92 Å². The molecule has 0 N–H and O–H groups in total. The van der Waals surface area contributed by atoms with Crippen molar-refractivity contribution in [2.24, 2.45) is 0 Å². The number of rotatable bonds is 9. The second-order valence-corrected chi connectivity index (χ2v) is 32.9. The van der Waals surface area contributed by atoms with Crippen molar-refractivity contribution in [2.45, 2.75) is 215 Å². The molecule has 5 rings (SSSR count). The van der Waals surface area contributed by atoms with E-state index in [1.807, 2.05) is 0 Å². The smallest absolute Gasteiger partial charge is 0.00713 e. The van der Waals surface area contributed by atoms with Crippen LogP contribution < -0.4 is 21.2 Å². The van der Waals surface area contributed by atoms with Gasteiger partial charge in [-0.25, -0.2) is 0 Å². The molecule has 5 aromatic carbocycles. The lowest BCUT2D eigenvalue weighted by Gasteiger charge is -2.35. The van der Waals surface area contributed by atoms with Crippen LogP contribution in [0.3, 0.4) is 0 Å². The summed E-state index contributed by atoms with van der Waals surface area (Å²) in [5.41, 5.74) is 13.1. The van der Waals surface area contributed by atoms with Crippen molar-refractivity contribution in [3.63, 3.8) is 0 Å². The van der Waals surface area contributed by atoms with Crippen molar-refractivity contribution in [2.75, 3.05) is 12.3 Å². The highest BCUT2D eigenvalue weighted by Crippen LogP contribution is 2.49. The summed E-state index contributed by atoms with van der Waals surface area (Å²) in [6.45, 7) is 57.5. The molecule has 5 aromatic rings. The minimum Gasteiger partial charge on any atom is -0.0622 e. The highest BCUT2D eigenvalue weighted by Gasteiger charge is 2.33. The molecule has 0 saturated carbocycles. The molecule has 0 fully saturated rings. The largest absolute Gasteiger partial charge is 0.0622 e. The molecule has 0 bridgehead atoms. The molecular formula is C65H94P2. The zero-order valence-corrected chi connectivity index (χ0v) is 49.0. The Morgan fingerprint density at radius 3 is 0.612 bits per heavy atom. The standard InChI is InChI=1S/C65H94P2/c1-58(2,3)46-30-47(59(4,5)6)35-54(34-46)66(55-36-48(60(7,8)9)31-49(37-55)61(10,11)12)42-45(44-28-26-25-27-29-44)43-67(56-38-50(62(13,14)15)32-51(39-56)63(16,17)18)57-40-52(64(19,20)21)33-53(41-57)65(22,23)24/h25-41,45H,42-43H2,1-24H3. The van der Waals surface area contributed by atoms with Crippen LogP contribution >= 0.6 is 15.8 Å². The fraction of sp³-hybridized carbons (Fsp3) is 0.538. The zero-order chi connectivity index (χ0) is 50.7. The molecule has 0 aliphatic carbocycles. The lowest BCUT2D eigenvalue weighted by molar-refractivity contribution is 0.568. The van der Waals surface area contributed by atoms with Gasteiger partial charge in [0.2, 0.25) is 0 Å². The molecule has 0 aliphatic heterocycles. The van der Waals surface area contributed by atoms with Gasteiger partial charge in [0.25, 0.3) is 0 Å². The minimum atomic E-state index is -0.824. The van der Waals surface area contributed by atoms with Crippen LogP contribution in [0.5, 0.6) is 0 Å². The first-order valence-electron chi connectivity index (χ1n) is 25.5. The Morgan fingerprint density at radius 2 is 0.448 bits per heavy atom. The number of hydrogen-bond donors (Lipinski definition) is 0. The monoisotopic (exact) mass is 937 g/mol. The first-order chi connectivity index (χ1) is 30.2. The van der Waals surface area contributed by atoms with E-state index < -0.39 is 15.8 Å². The number of benzene rings is 5. The fourth-order valence-electron chi connectivity index (χ4n) is 8.69. The molecule has 364 valence electrons. The minimum absolute atomic E-state index is 0.0136. The molecule has 0 aliphatic rings. The fourth-order valence-corrected chi connectivity index (χ4v) is 14.3. The third-order valence-electron chi connectivity index (χ3n) is 13.9. The quantitative estimate of drug-likeness (QED) is 0.129. The van der Waals surface area contributed by atoms with Crippen LogP contribution in [0.15, 0.2) is 103 Å². The summed E-state index contributed by atoms with van der Waals surface area (Å²) in [5.74, 6) is 0.305. The van der Waals surface area contributed by atoms with Gasteiger partial charge in [-0.2, -0.15) is 0 Å². The van der Waals surface area contributed by atoms with Gasteiger partial charge < -0.3 is 0 Å². The maximum Gasteiger partial charge on any atom is -0.00713 e. The topological polar surface area (TPSA) is 0 Å². The Bertz CT molecular complexity index is 2040. The normalized spacial score (nSPS) is 13.9. The van der Waals surface area contributed by atoms with E-state index >= 15 is 0 Å². The van der Waals surface area contributed by atoms with Crippen LogP contribution in [0.1, 0.15) is 222 Å². The van der Waals surface area contributed by atoms with Crippen LogP contribution in [0, 0.1) is 0 Å². The van der Waals surface area contributed by atoms with Crippen LogP contribution in [-0.2, 0) is 43.3 Å². The van der Waals surface area contributed by atoms with Gasteiger partial charge >= 0.3 is 0 Å². The lowest BCUT2D eigenvalue weighted by atomic mass is 9.81. The van der Waals surface area contributed by atoms with E-state index in [1.54, 1.807) is 0 Å². The third-order valence-corrected chi connectivity index (χ3v) is 19.1. The molecule has 0 aromatic heterocycles. The highest BCUT2D eigenvalue weighted by atomic mass is 31.1. The summed E-state index contributed by atoms with van der Waals surface area (Å²) in [5, 5.41) is 6.05. The Kier molecular flexibility index (Phi) is 15.8. The molecule has 67 heavy (non-hydrogen) atoms. The molecule has 0 nitrogen and oxygen atoms in total. The van der Waals surface area contributed by atoms with E-state index in [0.717, 1.165) is 12.3 Å². The van der Waals surface area contributed by atoms with E-state index in [4.69, 9.17) is 0 Å². The molecule has 0 saturated heterocycles. The zero-order valence-electron chi connectivity index (χ0n) is 47.2. The molecule has 0 amide bonds. The first-order valence-corrected chi connectivity index (χ1v) is 28.5. The first kappa shape index (κ1) is 54.9. The van der Waals surface area contributed by atoms with Gasteiger partial charge in [0.05, 0.1) is 0 Å². The van der Waals surface area contributed by atoms with E-state index in [-0.39, 0.29) is 43.3 Å². The Labute approximate surface area is 415 Å². The van der Waals surface area contributed by atoms with Crippen molar-refractivity contribution >= 4 is 37.1 Å². The maximum atomic E-state index is 2.62. The second kappa shape index (κ2) is 19.3. The summed E-state index contributed by atoms with van der Waals surface area (Å²) < 4.78 is 0. The van der Waals surface area contributed by atoms with Gasteiger partial charge in [0, 0.05) is 0 Å². The summed E-state index contributed by atoms with van der Waals surface area (Å²) in [6.07, 6.45) is 2.14. The van der Waals surface area contributed by atoms with Crippen LogP contribution in [-0.4, -0.2) is 12.3 Å². The van der Waals surface area contributed by atoms with E-state index in [1.165, 1.54) is 71.3 Å². The predicted molar refractivity (Wildman–Crippen MR) is 307 cm³/mol. The van der Waals surface area contributed by atoms with Gasteiger partial charge in [0.1, 0.15) is 0 Å². The Balaban J connectivity index is 1.93. The van der Waals surface area contributed by atoms with Crippen molar-refractivity contribution in [1.29, 1.82) is 0 Å². The average molecular weight is 937 g/mol. The molecular weight excluding hydrogens is 843 g/mol. The summed E-state index contributed by atoms with van der Waals surface area (Å²) >= 11 is 0. The van der Waals surface area contributed by atoms with Crippen molar-refractivity contribution in [3.05, 3.63) is 153 Å². The Morgan fingerprint density at radius 1 is 0.269 bits per heavy atom. The van der Waals surface area contributed by atoms with E-state index in [2.05, 4.69) is 269 Å². The third kappa shape index (κ3) is 14.1.